The Balaban J connectivity index is 2.22. The van der Waals surface area contributed by atoms with Gasteiger partial charge in [-0.15, -0.1) is 0 Å². The van der Waals surface area contributed by atoms with Crippen molar-refractivity contribution in [3.8, 4) is 0 Å². The first kappa shape index (κ1) is 12.4. The summed E-state index contributed by atoms with van der Waals surface area (Å²) < 4.78 is 0.896. The average Bonchev–Trinajstić information content (AvgIpc) is 2.27. The molecule has 0 bridgehead atoms. The Labute approximate surface area is 113 Å². The molecule has 0 spiro atoms. The maximum absolute atomic E-state index is 12.0. The predicted molar refractivity (Wildman–Crippen MR) is 77.4 cm³/mol. The van der Waals surface area contributed by atoms with Crippen molar-refractivity contribution in [1.82, 2.24) is 0 Å². The van der Waals surface area contributed by atoms with Gasteiger partial charge in [-0.1, -0.05) is 22.0 Å². The van der Waals surface area contributed by atoms with Gasteiger partial charge in [0.2, 0.25) is 0 Å². The molecule has 0 aromatic heterocycles. The number of hydrogen-bond acceptors (Lipinski definition) is 3. The molecule has 2 aromatic carbocycles. The fourth-order valence-electron chi connectivity index (χ4n) is 1.58. The summed E-state index contributed by atoms with van der Waals surface area (Å²) in [5.74, 6) is -0.243. The molecule has 92 valence electrons. The van der Waals surface area contributed by atoms with Crippen LogP contribution in [0.1, 0.15) is 10.4 Å². The van der Waals surface area contributed by atoms with Crippen LogP contribution in [0.3, 0.4) is 0 Å². The van der Waals surface area contributed by atoms with Crippen molar-refractivity contribution < 1.29 is 4.79 Å². The van der Waals surface area contributed by atoms with E-state index >= 15 is 0 Å². The SMILES string of the molecule is Nc1cc(N)cc(C(=O)Nc2cccc(Br)c2)c1. The van der Waals surface area contributed by atoms with Crippen molar-refractivity contribution in [2.75, 3.05) is 16.8 Å². The Bertz CT molecular complexity index is 578. The first-order valence-electron chi connectivity index (χ1n) is 5.27. The number of carbonyl (C=O) groups is 1. The number of halogens is 1. The van der Waals surface area contributed by atoms with Crippen molar-refractivity contribution in [3.05, 3.63) is 52.5 Å². The number of nitrogens with two attached hydrogens (primary N) is 2. The minimum absolute atomic E-state index is 0.243. The third kappa shape index (κ3) is 3.01. The normalized spacial score (nSPS) is 10.1. The van der Waals surface area contributed by atoms with E-state index < -0.39 is 0 Å². The highest BCUT2D eigenvalue weighted by Gasteiger charge is 2.07. The van der Waals surface area contributed by atoms with E-state index in [1.165, 1.54) is 0 Å². The summed E-state index contributed by atoms with van der Waals surface area (Å²) in [7, 11) is 0. The predicted octanol–water partition coefficient (Wildman–Crippen LogP) is 2.87. The number of amides is 1. The van der Waals surface area contributed by atoms with Gasteiger partial charge in [0.15, 0.2) is 0 Å². The molecule has 0 saturated heterocycles. The van der Waals surface area contributed by atoms with E-state index in [4.69, 9.17) is 11.5 Å². The summed E-state index contributed by atoms with van der Waals surface area (Å²) in [5.41, 5.74) is 13.4. The van der Waals surface area contributed by atoms with Crippen molar-refractivity contribution >= 4 is 38.9 Å². The Hall–Kier alpha value is -2.01. The molecule has 2 aromatic rings. The quantitative estimate of drug-likeness (QED) is 0.746. The Morgan fingerprint density at radius 2 is 1.72 bits per heavy atom. The summed E-state index contributed by atoms with van der Waals surface area (Å²) in [6, 6.07) is 12.1. The summed E-state index contributed by atoms with van der Waals surface area (Å²) in [6.45, 7) is 0. The number of benzene rings is 2. The van der Waals surface area contributed by atoms with E-state index in [1.807, 2.05) is 18.2 Å². The lowest BCUT2D eigenvalue weighted by atomic mass is 10.1. The fraction of sp³-hybridized carbons (Fsp3) is 0. The molecule has 0 aliphatic carbocycles. The second-order valence-corrected chi connectivity index (χ2v) is 4.77. The molecular formula is C13H12BrN3O. The van der Waals surface area contributed by atoms with Crippen LogP contribution in [0.2, 0.25) is 0 Å². The molecule has 5 heteroatoms. The fourth-order valence-corrected chi connectivity index (χ4v) is 1.98. The van der Waals surface area contributed by atoms with Gasteiger partial charge in [0, 0.05) is 27.1 Å². The van der Waals surface area contributed by atoms with Crippen LogP contribution in [0.25, 0.3) is 0 Å². The zero-order valence-electron chi connectivity index (χ0n) is 9.48. The van der Waals surface area contributed by atoms with E-state index in [9.17, 15) is 4.79 Å². The van der Waals surface area contributed by atoms with Gasteiger partial charge in [0.05, 0.1) is 0 Å². The minimum Gasteiger partial charge on any atom is -0.399 e. The van der Waals surface area contributed by atoms with Crippen LogP contribution in [-0.2, 0) is 0 Å². The number of nitrogens with one attached hydrogen (secondary N) is 1. The van der Waals surface area contributed by atoms with E-state index in [0.717, 1.165) is 4.47 Å². The Morgan fingerprint density at radius 1 is 1.06 bits per heavy atom. The van der Waals surface area contributed by atoms with Crippen molar-refractivity contribution in [2.45, 2.75) is 0 Å². The highest BCUT2D eigenvalue weighted by molar-refractivity contribution is 9.10. The van der Waals surface area contributed by atoms with Gasteiger partial charge in [0.25, 0.3) is 5.91 Å². The van der Waals surface area contributed by atoms with Crippen LogP contribution in [0.15, 0.2) is 46.9 Å². The Kier molecular flexibility index (Phi) is 3.53. The van der Waals surface area contributed by atoms with E-state index in [1.54, 1.807) is 24.3 Å². The van der Waals surface area contributed by atoms with Gasteiger partial charge in [-0.05, 0) is 36.4 Å². The van der Waals surface area contributed by atoms with Gasteiger partial charge in [-0.25, -0.2) is 0 Å². The highest BCUT2D eigenvalue weighted by atomic mass is 79.9. The van der Waals surface area contributed by atoms with Crippen molar-refractivity contribution in [2.24, 2.45) is 0 Å². The maximum Gasteiger partial charge on any atom is 0.255 e. The van der Waals surface area contributed by atoms with Gasteiger partial charge < -0.3 is 16.8 Å². The highest BCUT2D eigenvalue weighted by Crippen LogP contribution is 2.18. The number of carbonyl (C=O) groups excluding carboxylic acids is 1. The van der Waals surface area contributed by atoms with Crippen LogP contribution < -0.4 is 16.8 Å². The third-order valence-electron chi connectivity index (χ3n) is 2.32. The molecule has 5 N–H and O–H groups in total. The largest absolute Gasteiger partial charge is 0.399 e. The first-order valence-corrected chi connectivity index (χ1v) is 6.07. The number of nitrogen functional groups attached to an aromatic ring is 2. The number of rotatable bonds is 2. The van der Waals surface area contributed by atoms with Crippen LogP contribution in [0.4, 0.5) is 17.1 Å². The lowest BCUT2D eigenvalue weighted by molar-refractivity contribution is 0.102. The third-order valence-corrected chi connectivity index (χ3v) is 2.82. The lowest BCUT2D eigenvalue weighted by Gasteiger charge is -2.07. The second kappa shape index (κ2) is 5.10. The molecule has 0 saturated carbocycles. The summed E-state index contributed by atoms with van der Waals surface area (Å²) in [4.78, 5) is 12.0. The molecular weight excluding hydrogens is 294 g/mol. The van der Waals surface area contributed by atoms with E-state index in [-0.39, 0.29) is 5.91 Å². The van der Waals surface area contributed by atoms with Crippen molar-refractivity contribution in [3.63, 3.8) is 0 Å². The molecule has 18 heavy (non-hydrogen) atoms. The molecule has 0 radical (unpaired) electrons. The van der Waals surface area contributed by atoms with E-state index in [0.29, 0.717) is 22.6 Å². The molecule has 0 aliphatic rings. The number of hydrogen-bond donors (Lipinski definition) is 3. The molecule has 1 amide bonds. The summed E-state index contributed by atoms with van der Waals surface area (Å²) in [6.07, 6.45) is 0. The Morgan fingerprint density at radius 3 is 2.33 bits per heavy atom. The topological polar surface area (TPSA) is 81.1 Å². The monoisotopic (exact) mass is 305 g/mol. The molecule has 0 atom stereocenters. The average molecular weight is 306 g/mol. The lowest BCUT2D eigenvalue weighted by Crippen LogP contribution is -2.12. The van der Waals surface area contributed by atoms with E-state index in [2.05, 4.69) is 21.2 Å². The van der Waals surface area contributed by atoms with Crippen LogP contribution >= 0.6 is 15.9 Å². The van der Waals surface area contributed by atoms with Crippen molar-refractivity contribution in [1.29, 1.82) is 0 Å². The van der Waals surface area contributed by atoms with Gasteiger partial charge in [-0.2, -0.15) is 0 Å². The number of anilines is 3. The molecule has 0 heterocycles. The molecule has 4 nitrogen and oxygen atoms in total. The molecule has 0 fully saturated rings. The zero-order chi connectivity index (χ0) is 13.1. The van der Waals surface area contributed by atoms with Crippen LogP contribution in [0.5, 0.6) is 0 Å². The summed E-state index contributed by atoms with van der Waals surface area (Å²) in [5, 5.41) is 2.77. The van der Waals surface area contributed by atoms with Crippen LogP contribution in [0, 0.1) is 0 Å². The van der Waals surface area contributed by atoms with Gasteiger partial charge in [-0.3, -0.25) is 4.79 Å². The van der Waals surface area contributed by atoms with Gasteiger partial charge in [0.1, 0.15) is 0 Å². The smallest absolute Gasteiger partial charge is 0.255 e. The second-order valence-electron chi connectivity index (χ2n) is 3.85. The maximum atomic E-state index is 12.0. The summed E-state index contributed by atoms with van der Waals surface area (Å²) >= 11 is 3.34. The molecule has 0 unspecified atom stereocenters. The van der Waals surface area contributed by atoms with Gasteiger partial charge >= 0.3 is 0 Å². The first-order chi connectivity index (χ1) is 8.54. The zero-order valence-corrected chi connectivity index (χ0v) is 11.1. The van der Waals surface area contributed by atoms with Crippen LogP contribution in [-0.4, -0.2) is 5.91 Å². The molecule has 0 aliphatic heterocycles. The minimum atomic E-state index is -0.243. The standard InChI is InChI=1S/C13H12BrN3O/c14-9-2-1-3-12(6-9)17-13(18)8-4-10(15)7-11(16)5-8/h1-7H,15-16H2,(H,17,18). The molecule has 2 rings (SSSR count).